The fraction of sp³-hybridized carbons (Fsp3) is 0.896. The number of hydrogen-bond acceptors (Lipinski definition) is 1. The van der Waals surface area contributed by atoms with Gasteiger partial charge in [0.15, 0.2) is 0 Å². The highest BCUT2D eigenvalue weighted by Crippen LogP contribution is 2.37. The highest BCUT2D eigenvalue weighted by Gasteiger charge is 2.25. The summed E-state index contributed by atoms with van der Waals surface area (Å²) in [6.45, 7) is 15.3. The molecule has 69 heavy (non-hydrogen) atoms. The third-order valence-electron chi connectivity index (χ3n) is 16.3. The number of nitrogens with zero attached hydrogens (tertiary/aromatic N) is 2. The summed E-state index contributed by atoms with van der Waals surface area (Å²) in [6, 6.07) is 0. The lowest BCUT2D eigenvalue weighted by atomic mass is 9.84. The lowest BCUT2D eigenvalue weighted by Crippen LogP contribution is -2.11. The van der Waals surface area contributed by atoms with E-state index in [1.165, 1.54) is 358 Å². The Kier molecular flexibility index (Phi) is 44.1. The Balaban J connectivity index is 2.68. The molecule has 1 heterocycles. The topological polar surface area (TPSA) is 17.8 Å². The molecule has 0 saturated carbocycles. The minimum Gasteiger partial charge on any atom is -0.328 e. The van der Waals surface area contributed by atoms with Gasteiger partial charge in [-0.05, 0) is 86.5 Å². The lowest BCUT2D eigenvalue weighted by Gasteiger charge is -2.23. The number of aromatic nitrogens is 2. The first-order chi connectivity index (χ1) is 34.2. The van der Waals surface area contributed by atoms with Gasteiger partial charge >= 0.3 is 0 Å². The molecule has 2 nitrogen and oxygen atoms in total. The van der Waals surface area contributed by atoms with E-state index in [2.05, 4.69) is 46.1 Å². The molecule has 0 fully saturated rings. The molecular weight excluding hydrogens is 833 g/mol. The Hall–Kier alpha value is -1.31. The van der Waals surface area contributed by atoms with Gasteiger partial charge in [0.05, 0.1) is 11.0 Å². The van der Waals surface area contributed by atoms with E-state index < -0.39 is 0 Å². The number of hydrogen-bond donors (Lipinski definition) is 0. The maximum Gasteiger partial charge on any atom is 0.109 e. The van der Waals surface area contributed by atoms with Crippen molar-refractivity contribution in [2.24, 2.45) is 0 Å². The molecule has 0 aliphatic heterocycles. The van der Waals surface area contributed by atoms with Gasteiger partial charge in [0.1, 0.15) is 5.82 Å². The van der Waals surface area contributed by atoms with Crippen LogP contribution in [0.25, 0.3) is 11.0 Å². The van der Waals surface area contributed by atoms with Gasteiger partial charge in [-0.2, -0.15) is 0 Å². The summed E-state index contributed by atoms with van der Waals surface area (Å²) in [4.78, 5) is 6.01. The Morgan fingerprint density at radius 2 is 0.464 bits per heavy atom. The molecule has 0 amide bonds. The molecule has 0 atom stereocenters. The zero-order valence-corrected chi connectivity index (χ0v) is 48.6. The van der Waals surface area contributed by atoms with Gasteiger partial charge in [0, 0.05) is 13.0 Å². The molecule has 0 radical (unpaired) electrons. The monoisotopic (exact) mass is 959 g/mol. The normalized spacial score (nSPS) is 11.9. The van der Waals surface area contributed by atoms with Crippen molar-refractivity contribution in [2.45, 2.75) is 388 Å². The maximum absolute atomic E-state index is 6.01. The largest absolute Gasteiger partial charge is 0.328 e. The van der Waals surface area contributed by atoms with E-state index in [9.17, 15) is 0 Å². The van der Waals surface area contributed by atoms with Crippen LogP contribution < -0.4 is 0 Å². The van der Waals surface area contributed by atoms with Gasteiger partial charge in [0.2, 0.25) is 0 Å². The second-order valence-corrected chi connectivity index (χ2v) is 22.9. The molecule has 2 aromatic rings. The van der Waals surface area contributed by atoms with E-state index in [0.29, 0.717) is 0 Å². The molecule has 1 aromatic heterocycles. The lowest BCUT2D eigenvalue weighted by molar-refractivity contribution is 0.531. The Morgan fingerprint density at radius 1 is 0.232 bits per heavy atom. The van der Waals surface area contributed by atoms with Crippen LogP contribution in [-0.4, -0.2) is 9.55 Å². The molecule has 2 heteroatoms. The van der Waals surface area contributed by atoms with Crippen LogP contribution in [0.3, 0.4) is 0 Å². The Labute approximate surface area is 435 Å². The second-order valence-electron chi connectivity index (χ2n) is 22.9. The zero-order chi connectivity index (χ0) is 49.5. The minimum atomic E-state index is 1.18. The van der Waals surface area contributed by atoms with Crippen molar-refractivity contribution in [1.82, 2.24) is 9.55 Å². The molecule has 0 spiro atoms. The summed E-state index contributed by atoms with van der Waals surface area (Å²) >= 11 is 0. The number of benzene rings is 1. The average molecular weight is 960 g/mol. The minimum absolute atomic E-state index is 1.18. The van der Waals surface area contributed by atoms with Crippen molar-refractivity contribution >= 4 is 11.0 Å². The van der Waals surface area contributed by atoms with E-state index in [4.69, 9.17) is 4.98 Å². The van der Waals surface area contributed by atoms with Crippen molar-refractivity contribution in [3.8, 4) is 0 Å². The first kappa shape index (κ1) is 63.8. The van der Waals surface area contributed by atoms with E-state index in [-0.39, 0.29) is 0 Å². The van der Waals surface area contributed by atoms with E-state index >= 15 is 0 Å². The Morgan fingerprint density at radius 3 is 0.783 bits per heavy atom. The summed E-state index contributed by atoms with van der Waals surface area (Å²) in [7, 11) is 0. The van der Waals surface area contributed by atoms with Gasteiger partial charge in [-0.15, -0.1) is 0 Å². The summed E-state index contributed by atoms with van der Waals surface area (Å²) < 4.78 is 2.92. The zero-order valence-electron chi connectivity index (χ0n) is 48.6. The molecule has 1 aromatic carbocycles. The van der Waals surface area contributed by atoms with Gasteiger partial charge < -0.3 is 4.57 Å². The molecule has 0 unspecified atom stereocenters. The molecule has 404 valence electrons. The van der Waals surface area contributed by atoms with Gasteiger partial charge in [-0.3, -0.25) is 0 Å². The highest BCUT2D eigenvalue weighted by molar-refractivity contribution is 5.86. The number of fused-ring (bicyclic) bond motifs is 1. The number of imidazole rings is 1. The van der Waals surface area contributed by atoms with Gasteiger partial charge in [-0.1, -0.05) is 311 Å². The summed E-state index contributed by atoms with van der Waals surface area (Å²) in [5.74, 6) is 1.47. The number of aryl methyl sites for hydroxylation is 4. The van der Waals surface area contributed by atoms with Crippen LogP contribution in [0.1, 0.15) is 378 Å². The quantitative estimate of drug-likeness (QED) is 0.0604. The van der Waals surface area contributed by atoms with E-state index in [0.717, 1.165) is 0 Å². The van der Waals surface area contributed by atoms with Crippen molar-refractivity contribution in [3.05, 3.63) is 28.1 Å². The molecule has 0 bridgehead atoms. The predicted octanol–water partition coefficient (Wildman–Crippen LogP) is 23.6. The molecule has 0 aliphatic carbocycles. The first-order valence-corrected chi connectivity index (χ1v) is 32.7. The van der Waals surface area contributed by atoms with Crippen LogP contribution in [-0.2, 0) is 38.6 Å². The van der Waals surface area contributed by atoms with Crippen molar-refractivity contribution < 1.29 is 0 Å². The Bertz CT molecular complexity index is 1380. The van der Waals surface area contributed by atoms with Crippen LogP contribution in [0.5, 0.6) is 0 Å². The average Bonchev–Trinajstić information content (AvgIpc) is 3.72. The molecule has 0 N–H and O–H groups in total. The fourth-order valence-electron chi connectivity index (χ4n) is 11.8. The molecular formula is C67H126N2. The highest BCUT2D eigenvalue weighted by atomic mass is 15.1. The summed E-state index contributed by atoms with van der Waals surface area (Å²) in [5.41, 5.74) is 10.4. The third-order valence-corrected chi connectivity index (χ3v) is 16.3. The van der Waals surface area contributed by atoms with Crippen molar-refractivity contribution in [2.75, 3.05) is 0 Å². The van der Waals surface area contributed by atoms with Crippen molar-refractivity contribution in [1.29, 1.82) is 0 Å². The van der Waals surface area contributed by atoms with Crippen molar-refractivity contribution in [3.63, 3.8) is 0 Å². The van der Waals surface area contributed by atoms with E-state index in [1.54, 1.807) is 16.6 Å². The summed E-state index contributed by atoms with van der Waals surface area (Å²) in [5, 5.41) is 0. The van der Waals surface area contributed by atoms with Crippen LogP contribution in [0, 0.1) is 0 Å². The predicted molar refractivity (Wildman–Crippen MR) is 314 cm³/mol. The summed E-state index contributed by atoms with van der Waals surface area (Å²) in [6.07, 6.45) is 73.6. The van der Waals surface area contributed by atoms with Crippen LogP contribution in [0.2, 0.25) is 0 Å². The smallest absolute Gasteiger partial charge is 0.109 e. The van der Waals surface area contributed by atoms with Gasteiger partial charge in [-0.25, -0.2) is 4.98 Å². The second kappa shape index (κ2) is 47.7. The first-order valence-electron chi connectivity index (χ1n) is 32.7. The van der Waals surface area contributed by atoms with Crippen LogP contribution in [0.4, 0.5) is 0 Å². The third kappa shape index (κ3) is 31.1. The van der Waals surface area contributed by atoms with E-state index in [1.807, 2.05) is 11.1 Å². The molecule has 0 saturated heterocycles. The number of unbranched alkanes of at least 4 members (excludes halogenated alkanes) is 42. The van der Waals surface area contributed by atoms with Gasteiger partial charge in [0.25, 0.3) is 0 Å². The fourth-order valence-corrected chi connectivity index (χ4v) is 11.8. The van der Waals surface area contributed by atoms with Crippen LogP contribution in [0.15, 0.2) is 0 Å². The number of rotatable bonds is 54. The molecule has 0 aliphatic rings. The maximum atomic E-state index is 6.01. The molecule has 2 rings (SSSR count). The van der Waals surface area contributed by atoms with Crippen LogP contribution >= 0.6 is 0 Å². The SMILES string of the molecule is CCCCCCCCCCc1c(CCCCCCCCCC)c(CCCCCCCCCC)c2c(nc(CCCCCCCCCC)n2CCCCCCCCCC)c1CCCCCCCCCC. The standard InChI is InChI=1S/C67H126N2/c1-7-13-19-25-31-37-43-49-55-61-62(56-50-44-38-32-26-20-14-8-2)64(58-52-46-40-34-28-22-16-10-4)67-66(63(61)57-51-45-39-33-27-21-15-9-3)68-65(59-53-47-41-35-29-23-17-11-5)69(67)60-54-48-42-36-30-24-18-12-6/h7-60H2,1-6H3.